The first kappa shape index (κ1) is 20.1. The van der Waals surface area contributed by atoms with Crippen LogP contribution in [0.4, 0.5) is 0 Å². The van der Waals surface area contributed by atoms with Crippen LogP contribution in [0.2, 0.25) is 0 Å². The fraction of sp³-hybridized carbons (Fsp3) is 0.455. The molecule has 0 spiro atoms. The van der Waals surface area contributed by atoms with Crippen LogP contribution >= 0.6 is 0 Å². The van der Waals surface area contributed by atoms with Gasteiger partial charge in [-0.3, -0.25) is 0 Å². The zero-order valence-electron chi connectivity index (χ0n) is 16.3. The minimum absolute atomic E-state index is 0.147. The van der Waals surface area contributed by atoms with Crippen LogP contribution in [0.15, 0.2) is 53.4 Å². The molecule has 0 unspecified atom stereocenters. The van der Waals surface area contributed by atoms with Crippen molar-refractivity contribution in [2.24, 2.45) is 11.1 Å². The van der Waals surface area contributed by atoms with Crippen molar-refractivity contribution in [2.45, 2.75) is 43.3 Å². The summed E-state index contributed by atoms with van der Waals surface area (Å²) in [6.45, 7) is 7.15. The molecule has 2 N–H and O–H groups in total. The van der Waals surface area contributed by atoms with Gasteiger partial charge < -0.3 is 10.5 Å². The molecule has 5 heteroatoms. The second kappa shape index (κ2) is 7.74. The van der Waals surface area contributed by atoms with Gasteiger partial charge in [-0.05, 0) is 43.5 Å². The monoisotopic (exact) mass is 387 g/mol. The van der Waals surface area contributed by atoms with Crippen molar-refractivity contribution < 1.29 is 13.2 Å². The molecular formula is C22H29NO3S. The standard InChI is InChI=1S/C22H29NO3S/c1-4-17-8-10-18(11-9-17)20-21(22(20,14-23)15-26-5-2)27(24,25)19-12-6-16(3)7-13-19/h6-13,20-21H,4-5,14-15,23H2,1-3H3/t20-,21+,22+/m0/s1. The number of hydrogen-bond donors (Lipinski definition) is 1. The highest BCUT2D eigenvalue weighted by molar-refractivity contribution is 7.92. The van der Waals surface area contributed by atoms with E-state index in [4.69, 9.17) is 10.5 Å². The van der Waals surface area contributed by atoms with Gasteiger partial charge in [0.05, 0.1) is 16.8 Å². The Bertz CT molecular complexity index is 875. The summed E-state index contributed by atoms with van der Waals surface area (Å²) in [4.78, 5) is 0.361. The predicted molar refractivity (Wildman–Crippen MR) is 109 cm³/mol. The molecule has 0 amide bonds. The molecule has 3 atom stereocenters. The number of sulfone groups is 1. The average molecular weight is 388 g/mol. The first-order valence-corrected chi connectivity index (χ1v) is 11.1. The first-order chi connectivity index (χ1) is 12.9. The first-order valence-electron chi connectivity index (χ1n) is 9.58. The molecule has 146 valence electrons. The second-order valence-corrected chi connectivity index (χ2v) is 9.50. The van der Waals surface area contributed by atoms with Gasteiger partial charge in [-0.1, -0.05) is 48.9 Å². The quantitative estimate of drug-likeness (QED) is 0.753. The van der Waals surface area contributed by atoms with E-state index in [1.165, 1.54) is 5.56 Å². The van der Waals surface area contributed by atoms with E-state index in [1.807, 2.05) is 38.1 Å². The third kappa shape index (κ3) is 3.56. The van der Waals surface area contributed by atoms with E-state index < -0.39 is 20.5 Å². The van der Waals surface area contributed by atoms with Gasteiger partial charge in [0.15, 0.2) is 9.84 Å². The lowest BCUT2D eigenvalue weighted by Gasteiger charge is -2.16. The molecule has 0 aromatic heterocycles. The van der Waals surface area contributed by atoms with Crippen LogP contribution in [0, 0.1) is 12.3 Å². The van der Waals surface area contributed by atoms with Crippen molar-refractivity contribution in [3.05, 3.63) is 65.2 Å². The van der Waals surface area contributed by atoms with E-state index in [1.54, 1.807) is 12.1 Å². The largest absolute Gasteiger partial charge is 0.381 e. The molecule has 0 radical (unpaired) electrons. The maximum atomic E-state index is 13.4. The van der Waals surface area contributed by atoms with Crippen LogP contribution in [0.3, 0.4) is 0 Å². The minimum Gasteiger partial charge on any atom is -0.381 e. The highest BCUT2D eigenvalue weighted by Gasteiger charge is 2.70. The molecule has 27 heavy (non-hydrogen) atoms. The number of nitrogens with two attached hydrogens (primary N) is 1. The normalized spacial score (nSPS) is 24.7. The summed E-state index contributed by atoms with van der Waals surface area (Å²) in [7, 11) is -3.51. The van der Waals surface area contributed by atoms with Gasteiger partial charge in [-0.15, -0.1) is 0 Å². The molecule has 0 bridgehead atoms. The van der Waals surface area contributed by atoms with Gasteiger partial charge in [0.1, 0.15) is 0 Å². The zero-order chi connectivity index (χ0) is 19.7. The van der Waals surface area contributed by atoms with E-state index >= 15 is 0 Å². The Labute approximate surface area is 162 Å². The Balaban J connectivity index is 2.02. The molecule has 1 aliphatic carbocycles. The van der Waals surface area contributed by atoms with Crippen LogP contribution in [0.1, 0.15) is 36.5 Å². The fourth-order valence-electron chi connectivity index (χ4n) is 4.05. The molecular weight excluding hydrogens is 358 g/mol. The molecule has 1 aliphatic rings. The number of hydrogen-bond acceptors (Lipinski definition) is 4. The van der Waals surface area contributed by atoms with E-state index in [9.17, 15) is 8.42 Å². The smallest absolute Gasteiger partial charge is 0.182 e. The van der Waals surface area contributed by atoms with Gasteiger partial charge >= 0.3 is 0 Å². The van der Waals surface area contributed by atoms with Gasteiger partial charge in [0.2, 0.25) is 0 Å². The Hall–Kier alpha value is -1.69. The Kier molecular flexibility index (Phi) is 5.75. The summed E-state index contributed by atoms with van der Waals surface area (Å²) in [6.07, 6.45) is 0.955. The lowest BCUT2D eigenvalue weighted by Crippen LogP contribution is -2.29. The summed E-state index contributed by atoms with van der Waals surface area (Å²) in [5.74, 6) is -0.147. The Morgan fingerprint density at radius 3 is 2.19 bits per heavy atom. The molecule has 0 aliphatic heterocycles. The highest BCUT2D eigenvalue weighted by Crippen LogP contribution is 2.63. The second-order valence-electron chi connectivity index (χ2n) is 7.43. The maximum absolute atomic E-state index is 13.4. The third-order valence-electron chi connectivity index (χ3n) is 5.77. The van der Waals surface area contributed by atoms with Crippen molar-refractivity contribution in [3.8, 4) is 0 Å². The number of rotatable bonds is 8. The lowest BCUT2D eigenvalue weighted by molar-refractivity contribution is 0.101. The van der Waals surface area contributed by atoms with Crippen molar-refractivity contribution in [2.75, 3.05) is 19.8 Å². The molecule has 1 saturated carbocycles. The molecule has 0 heterocycles. The Morgan fingerprint density at radius 1 is 1.04 bits per heavy atom. The minimum atomic E-state index is -3.51. The van der Waals surface area contributed by atoms with Crippen molar-refractivity contribution >= 4 is 9.84 Å². The number of benzene rings is 2. The van der Waals surface area contributed by atoms with E-state index in [-0.39, 0.29) is 12.5 Å². The van der Waals surface area contributed by atoms with E-state index in [0.29, 0.717) is 18.1 Å². The summed E-state index contributed by atoms with van der Waals surface area (Å²) in [5.41, 5.74) is 8.86. The Morgan fingerprint density at radius 2 is 1.67 bits per heavy atom. The van der Waals surface area contributed by atoms with Crippen LogP contribution in [0.5, 0.6) is 0 Å². The molecule has 4 nitrogen and oxygen atoms in total. The SMILES string of the molecule is CCOC[C@@]1(CN)[C@H](S(=O)(=O)c2ccc(C)cc2)[C@@H]1c1ccc(CC)cc1. The molecule has 2 aromatic carbocycles. The molecule has 2 aromatic rings. The summed E-state index contributed by atoms with van der Waals surface area (Å²) in [5, 5.41) is -0.559. The third-order valence-corrected chi connectivity index (χ3v) is 8.10. The maximum Gasteiger partial charge on any atom is 0.182 e. The average Bonchev–Trinajstić information content (AvgIpc) is 3.37. The molecule has 0 saturated heterocycles. The topological polar surface area (TPSA) is 69.4 Å². The van der Waals surface area contributed by atoms with Crippen molar-refractivity contribution in [1.82, 2.24) is 0 Å². The number of aryl methyl sites for hydroxylation is 2. The van der Waals surface area contributed by atoms with Gasteiger partial charge in [-0.2, -0.15) is 0 Å². The number of ether oxygens (including phenoxy) is 1. The fourth-order valence-corrected chi connectivity index (χ4v) is 6.49. The van der Waals surface area contributed by atoms with Gasteiger partial charge in [-0.25, -0.2) is 8.42 Å². The van der Waals surface area contributed by atoms with Crippen LogP contribution in [-0.4, -0.2) is 33.4 Å². The van der Waals surface area contributed by atoms with Gasteiger partial charge in [0, 0.05) is 24.5 Å². The molecule has 3 rings (SSSR count). The van der Waals surface area contributed by atoms with Crippen LogP contribution in [0.25, 0.3) is 0 Å². The summed E-state index contributed by atoms with van der Waals surface area (Å²) >= 11 is 0. The van der Waals surface area contributed by atoms with Crippen molar-refractivity contribution in [1.29, 1.82) is 0 Å². The van der Waals surface area contributed by atoms with Gasteiger partial charge in [0.25, 0.3) is 0 Å². The van der Waals surface area contributed by atoms with Crippen LogP contribution < -0.4 is 5.73 Å². The predicted octanol–water partition coefficient (Wildman–Crippen LogP) is 3.48. The molecule has 1 fully saturated rings. The summed E-state index contributed by atoms with van der Waals surface area (Å²) in [6, 6.07) is 15.3. The summed E-state index contributed by atoms with van der Waals surface area (Å²) < 4.78 is 32.6. The zero-order valence-corrected chi connectivity index (χ0v) is 17.1. The van der Waals surface area contributed by atoms with Crippen molar-refractivity contribution in [3.63, 3.8) is 0 Å². The van der Waals surface area contributed by atoms with E-state index in [2.05, 4.69) is 19.1 Å². The van der Waals surface area contributed by atoms with Crippen LogP contribution in [-0.2, 0) is 21.0 Å². The highest BCUT2D eigenvalue weighted by atomic mass is 32.2. The lowest BCUT2D eigenvalue weighted by atomic mass is 9.99. The van der Waals surface area contributed by atoms with E-state index in [0.717, 1.165) is 17.5 Å².